The average molecular weight is 355 g/mol. The molecule has 1 aromatic rings. The van der Waals surface area contributed by atoms with E-state index in [-0.39, 0.29) is 4.47 Å². The van der Waals surface area contributed by atoms with E-state index in [4.69, 9.17) is 0 Å². The summed E-state index contributed by atoms with van der Waals surface area (Å²) in [6.45, 7) is 0. The number of hydrogen-bond donors (Lipinski definition) is 0. The Hall–Kier alpha value is -0.240. The lowest BCUT2D eigenvalue weighted by Crippen LogP contribution is -2.09. The van der Waals surface area contributed by atoms with Gasteiger partial charge >= 0.3 is 6.18 Å². The van der Waals surface area contributed by atoms with Gasteiger partial charge in [0, 0.05) is 4.47 Å². The van der Waals surface area contributed by atoms with Crippen molar-refractivity contribution in [3.8, 4) is 0 Å². The number of pyridine rings is 1. The summed E-state index contributed by atoms with van der Waals surface area (Å²) in [5.41, 5.74) is -1.83. The van der Waals surface area contributed by atoms with E-state index >= 15 is 0 Å². The molecule has 8 heteroatoms. The van der Waals surface area contributed by atoms with Gasteiger partial charge in [-0.2, -0.15) is 13.2 Å². The van der Waals surface area contributed by atoms with E-state index in [9.17, 15) is 22.0 Å². The monoisotopic (exact) mass is 353 g/mol. The third-order valence-corrected chi connectivity index (χ3v) is 2.71. The number of alkyl halides is 5. The zero-order valence-electron chi connectivity index (χ0n) is 6.75. The fourth-order valence-electron chi connectivity index (χ4n) is 0.831. The van der Waals surface area contributed by atoms with Gasteiger partial charge in [0.25, 0.3) is 6.43 Å². The van der Waals surface area contributed by atoms with Gasteiger partial charge in [-0.1, -0.05) is 0 Å². The molecule has 0 atom stereocenters. The van der Waals surface area contributed by atoms with Crippen molar-refractivity contribution in [3.63, 3.8) is 0 Å². The summed E-state index contributed by atoms with van der Waals surface area (Å²) in [6, 6.07) is 0.568. The van der Waals surface area contributed by atoms with Crippen LogP contribution in [0.25, 0.3) is 0 Å². The summed E-state index contributed by atoms with van der Waals surface area (Å²) in [5, 5.41) is 0. The van der Waals surface area contributed by atoms with Crippen molar-refractivity contribution < 1.29 is 22.0 Å². The maximum Gasteiger partial charge on any atom is 0.419 e. The standard InChI is InChI=1S/C7H2Br2F5N/c8-3-1-2(7(12,13)14)5(9)15-4(3)6(10)11/h1,6H. The van der Waals surface area contributed by atoms with E-state index in [2.05, 4.69) is 36.8 Å². The Kier molecular flexibility index (Phi) is 3.70. The van der Waals surface area contributed by atoms with Crippen LogP contribution in [0.5, 0.6) is 0 Å². The molecule has 15 heavy (non-hydrogen) atoms. The highest BCUT2D eigenvalue weighted by molar-refractivity contribution is 9.11. The predicted molar refractivity (Wildman–Crippen MR) is 49.6 cm³/mol. The van der Waals surface area contributed by atoms with Crippen LogP contribution in [0, 0.1) is 0 Å². The quantitative estimate of drug-likeness (QED) is 0.532. The molecule has 1 heterocycles. The average Bonchev–Trinajstić information content (AvgIpc) is 2.06. The zero-order chi connectivity index (χ0) is 11.8. The highest BCUT2D eigenvalue weighted by Crippen LogP contribution is 2.38. The molecule has 0 amide bonds. The van der Waals surface area contributed by atoms with Gasteiger partial charge in [0.2, 0.25) is 0 Å². The van der Waals surface area contributed by atoms with Gasteiger partial charge in [-0.15, -0.1) is 0 Å². The van der Waals surface area contributed by atoms with E-state index in [1.165, 1.54) is 0 Å². The minimum absolute atomic E-state index is 0.368. The normalized spacial score (nSPS) is 12.3. The molecular formula is C7H2Br2F5N. The zero-order valence-corrected chi connectivity index (χ0v) is 9.92. The molecule has 0 aliphatic carbocycles. The SMILES string of the molecule is FC(F)c1nc(Br)c(C(F)(F)F)cc1Br. The van der Waals surface area contributed by atoms with Gasteiger partial charge in [0.1, 0.15) is 10.3 Å². The Bertz CT molecular complexity index is 376. The Morgan fingerprint density at radius 3 is 2.13 bits per heavy atom. The van der Waals surface area contributed by atoms with E-state index < -0.39 is 28.5 Å². The highest BCUT2D eigenvalue weighted by Gasteiger charge is 2.35. The molecule has 84 valence electrons. The Labute approximate surface area is 97.9 Å². The van der Waals surface area contributed by atoms with Crippen LogP contribution >= 0.6 is 31.9 Å². The fraction of sp³-hybridized carbons (Fsp3) is 0.286. The molecule has 1 aromatic heterocycles. The lowest BCUT2D eigenvalue weighted by Gasteiger charge is -2.11. The number of nitrogens with zero attached hydrogens (tertiary/aromatic N) is 1. The minimum atomic E-state index is -4.63. The topological polar surface area (TPSA) is 12.9 Å². The summed E-state index contributed by atoms with van der Waals surface area (Å²) in [7, 11) is 0. The van der Waals surface area contributed by atoms with Gasteiger partial charge in [0.15, 0.2) is 0 Å². The van der Waals surface area contributed by atoms with Crippen molar-refractivity contribution in [1.82, 2.24) is 4.98 Å². The molecule has 0 radical (unpaired) electrons. The Balaban J connectivity index is 3.32. The van der Waals surface area contributed by atoms with Gasteiger partial charge in [-0.25, -0.2) is 13.8 Å². The van der Waals surface area contributed by atoms with E-state index in [1.807, 2.05) is 0 Å². The first-order chi connectivity index (χ1) is 6.73. The molecule has 0 N–H and O–H groups in total. The van der Waals surface area contributed by atoms with Crippen LogP contribution in [-0.2, 0) is 6.18 Å². The largest absolute Gasteiger partial charge is 0.419 e. The van der Waals surface area contributed by atoms with Gasteiger partial charge in [-0.05, 0) is 37.9 Å². The van der Waals surface area contributed by atoms with Crippen LogP contribution in [0.1, 0.15) is 17.7 Å². The van der Waals surface area contributed by atoms with Crippen LogP contribution in [-0.4, -0.2) is 4.98 Å². The molecule has 0 bridgehead atoms. The van der Waals surface area contributed by atoms with Gasteiger partial charge in [0.05, 0.1) is 5.56 Å². The molecule has 0 spiro atoms. The molecule has 0 aliphatic rings. The lowest BCUT2D eigenvalue weighted by molar-refractivity contribution is -0.138. The van der Waals surface area contributed by atoms with Crippen molar-refractivity contribution >= 4 is 31.9 Å². The molecule has 1 nitrogen and oxygen atoms in total. The van der Waals surface area contributed by atoms with Crippen LogP contribution in [0.4, 0.5) is 22.0 Å². The number of halogens is 7. The third-order valence-electron chi connectivity index (χ3n) is 1.47. The smallest absolute Gasteiger partial charge is 0.238 e. The van der Waals surface area contributed by atoms with Crippen molar-refractivity contribution in [2.24, 2.45) is 0 Å². The van der Waals surface area contributed by atoms with Gasteiger partial charge < -0.3 is 0 Å². The number of hydrogen-bond acceptors (Lipinski definition) is 1. The van der Waals surface area contributed by atoms with Crippen molar-refractivity contribution in [3.05, 3.63) is 26.4 Å². The first-order valence-corrected chi connectivity index (χ1v) is 5.03. The predicted octanol–water partition coefficient (Wildman–Crippen LogP) is 4.56. The van der Waals surface area contributed by atoms with E-state index in [1.54, 1.807) is 0 Å². The second kappa shape index (κ2) is 4.32. The van der Waals surface area contributed by atoms with Crippen LogP contribution in [0.15, 0.2) is 15.1 Å². The van der Waals surface area contributed by atoms with Crippen LogP contribution < -0.4 is 0 Å². The van der Waals surface area contributed by atoms with Crippen molar-refractivity contribution in [1.29, 1.82) is 0 Å². The molecule has 0 aromatic carbocycles. The minimum Gasteiger partial charge on any atom is -0.238 e. The summed E-state index contributed by atoms with van der Waals surface area (Å²) in [4.78, 5) is 3.14. The highest BCUT2D eigenvalue weighted by atomic mass is 79.9. The molecule has 0 saturated heterocycles. The molecule has 0 aliphatic heterocycles. The summed E-state index contributed by atoms with van der Waals surface area (Å²) in [6.07, 6.45) is -7.56. The van der Waals surface area contributed by atoms with E-state index in [0.717, 1.165) is 0 Å². The van der Waals surface area contributed by atoms with Gasteiger partial charge in [-0.3, -0.25) is 0 Å². The maximum absolute atomic E-state index is 12.3. The summed E-state index contributed by atoms with van der Waals surface area (Å²) >= 11 is 5.11. The molecule has 0 unspecified atom stereocenters. The summed E-state index contributed by atoms with van der Waals surface area (Å²) < 4.78 is 60.3. The Morgan fingerprint density at radius 2 is 1.73 bits per heavy atom. The van der Waals surface area contributed by atoms with E-state index in [0.29, 0.717) is 6.07 Å². The summed E-state index contributed by atoms with van der Waals surface area (Å²) in [5.74, 6) is 0. The van der Waals surface area contributed by atoms with Crippen molar-refractivity contribution in [2.75, 3.05) is 0 Å². The molecular weight excluding hydrogens is 353 g/mol. The second-order valence-corrected chi connectivity index (χ2v) is 4.10. The Morgan fingerprint density at radius 1 is 1.20 bits per heavy atom. The van der Waals surface area contributed by atoms with Crippen LogP contribution in [0.3, 0.4) is 0 Å². The third kappa shape index (κ3) is 2.87. The fourth-order valence-corrected chi connectivity index (χ4v) is 1.85. The first-order valence-electron chi connectivity index (χ1n) is 3.44. The van der Waals surface area contributed by atoms with Crippen LogP contribution in [0.2, 0.25) is 0 Å². The molecule has 0 fully saturated rings. The van der Waals surface area contributed by atoms with Crippen molar-refractivity contribution in [2.45, 2.75) is 12.6 Å². The lowest BCUT2D eigenvalue weighted by atomic mass is 10.2. The molecule has 1 rings (SSSR count). The number of aromatic nitrogens is 1. The molecule has 0 saturated carbocycles. The first kappa shape index (κ1) is 12.8. The second-order valence-electron chi connectivity index (χ2n) is 2.49. The maximum atomic E-state index is 12.3. The number of rotatable bonds is 1.